The van der Waals surface area contributed by atoms with E-state index >= 15 is 0 Å². The molecule has 9 heteroatoms. The third-order valence-corrected chi connectivity index (χ3v) is 10.00. The Morgan fingerprint density at radius 1 is 1.17 bits per heavy atom. The molecule has 3 aliphatic heterocycles. The number of ether oxygens (including phenoxy) is 1. The van der Waals surface area contributed by atoms with Crippen molar-refractivity contribution in [2.75, 3.05) is 24.6 Å². The fraction of sp³-hybridized carbons (Fsp3) is 0.481. The minimum atomic E-state index is -3.86. The maximum atomic E-state index is 13.9. The summed E-state index contributed by atoms with van der Waals surface area (Å²) in [6.45, 7) is 1.90. The van der Waals surface area contributed by atoms with E-state index in [1.54, 1.807) is 29.2 Å². The maximum absolute atomic E-state index is 13.9. The number of rotatable bonds is 6. The third kappa shape index (κ3) is 3.80. The first-order valence-corrected chi connectivity index (χ1v) is 13.8. The van der Waals surface area contributed by atoms with Crippen LogP contribution >= 0.6 is 0 Å². The average Bonchev–Trinajstić information content (AvgIpc) is 3.41. The van der Waals surface area contributed by atoms with Gasteiger partial charge in [0.05, 0.1) is 30.3 Å². The van der Waals surface area contributed by atoms with Crippen LogP contribution in [-0.4, -0.2) is 62.6 Å². The van der Waals surface area contributed by atoms with Crippen molar-refractivity contribution in [1.82, 2.24) is 4.90 Å². The lowest BCUT2D eigenvalue weighted by molar-refractivity contribution is -0.142. The number of methoxy groups -OCH3 is 1. The number of amides is 1. The average molecular weight is 513 g/mol. The van der Waals surface area contributed by atoms with Gasteiger partial charge in [-0.2, -0.15) is 0 Å². The van der Waals surface area contributed by atoms with E-state index in [1.165, 1.54) is 11.4 Å². The number of piperidine rings is 1. The van der Waals surface area contributed by atoms with Crippen molar-refractivity contribution in [3.8, 4) is 0 Å². The van der Waals surface area contributed by atoms with Crippen LogP contribution < -0.4 is 4.31 Å². The smallest absolute Gasteiger partial charge is 0.305 e. The number of anilines is 1. The van der Waals surface area contributed by atoms with Crippen molar-refractivity contribution in [3.63, 3.8) is 0 Å². The van der Waals surface area contributed by atoms with Crippen molar-refractivity contribution in [2.45, 2.75) is 61.4 Å². The summed E-state index contributed by atoms with van der Waals surface area (Å²) in [5.41, 5.74) is 1.78. The van der Waals surface area contributed by atoms with E-state index < -0.39 is 21.5 Å². The van der Waals surface area contributed by atoms with Crippen molar-refractivity contribution < 1.29 is 27.9 Å². The van der Waals surface area contributed by atoms with Crippen LogP contribution in [0, 0.1) is 12.8 Å². The number of carbonyl (C=O) groups is 2. The Balaban J connectivity index is 1.61. The van der Waals surface area contributed by atoms with Gasteiger partial charge in [-0.1, -0.05) is 35.9 Å². The number of hydrogen-bond donors (Lipinski definition) is 1. The van der Waals surface area contributed by atoms with E-state index in [-0.39, 0.29) is 48.3 Å². The Morgan fingerprint density at radius 2 is 1.89 bits per heavy atom. The molecule has 2 aromatic carbocycles. The summed E-state index contributed by atoms with van der Waals surface area (Å²) < 4.78 is 34.1. The minimum absolute atomic E-state index is 0.0200. The molecule has 1 spiro atoms. The lowest BCUT2D eigenvalue weighted by atomic mass is 9.68. The normalized spacial score (nSPS) is 27.3. The first-order chi connectivity index (χ1) is 17.2. The number of sulfonamides is 1. The summed E-state index contributed by atoms with van der Waals surface area (Å²) in [7, 11) is -2.50. The second-order valence-corrected chi connectivity index (χ2v) is 12.1. The summed E-state index contributed by atoms with van der Waals surface area (Å²) in [5, 5.41) is 10.3. The van der Waals surface area contributed by atoms with Crippen molar-refractivity contribution in [3.05, 3.63) is 59.7 Å². The molecule has 0 aromatic heterocycles. The molecule has 0 bridgehead atoms. The number of esters is 1. The Morgan fingerprint density at radius 3 is 2.58 bits per heavy atom. The number of aliphatic hydroxyl groups excluding tert-OH is 1. The molecule has 3 heterocycles. The zero-order chi connectivity index (χ0) is 25.7. The number of hydrogen-bond acceptors (Lipinski definition) is 6. The zero-order valence-corrected chi connectivity index (χ0v) is 21.4. The first-order valence-electron chi connectivity index (χ1n) is 12.4. The topological polar surface area (TPSA) is 104 Å². The Hall–Kier alpha value is -2.91. The number of benzene rings is 2. The van der Waals surface area contributed by atoms with Crippen LogP contribution in [0.5, 0.6) is 0 Å². The molecule has 36 heavy (non-hydrogen) atoms. The summed E-state index contributed by atoms with van der Waals surface area (Å²) in [6, 6.07) is 13.6. The highest BCUT2D eigenvalue weighted by Crippen LogP contribution is 2.57. The van der Waals surface area contributed by atoms with E-state index in [9.17, 15) is 23.1 Å². The van der Waals surface area contributed by atoms with Gasteiger partial charge in [-0.15, -0.1) is 0 Å². The molecule has 2 saturated heterocycles. The molecule has 0 saturated carbocycles. The largest absolute Gasteiger partial charge is 0.469 e. The number of nitrogens with zero attached hydrogens (tertiary/aromatic N) is 2. The standard InChI is InChI=1S/C27H32N2O6S/c1-18-7-11-21(12-8-18)36(33,34)28-17-27(22-5-3-4-6-23(22)28)15-20(16-30)29-24(31)13-9-19(26(27)29)10-14-25(32)35-2/h3-8,11-12,19-20,26,30H,9-10,13-17H2,1-2H3/t19-,20-,26+,27+/m0/s1. The van der Waals surface area contributed by atoms with Crippen molar-refractivity contribution in [2.24, 2.45) is 5.92 Å². The fourth-order valence-electron chi connectivity index (χ4n) is 6.64. The second kappa shape index (κ2) is 9.19. The van der Waals surface area contributed by atoms with E-state index in [2.05, 4.69) is 0 Å². The van der Waals surface area contributed by atoms with Crippen LogP contribution in [0.3, 0.4) is 0 Å². The molecule has 8 nitrogen and oxygen atoms in total. The molecule has 3 aliphatic rings. The van der Waals surface area contributed by atoms with Crippen molar-refractivity contribution in [1.29, 1.82) is 0 Å². The zero-order valence-electron chi connectivity index (χ0n) is 20.6. The molecule has 1 amide bonds. The van der Waals surface area contributed by atoms with Gasteiger partial charge in [-0.05, 0) is 55.9 Å². The van der Waals surface area contributed by atoms with Gasteiger partial charge in [-0.25, -0.2) is 8.42 Å². The number of carbonyl (C=O) groups excluding carboxylic acids is 2. The fourth-order valence-corrected chi connectivity index (χ4v) is 8.20. The van der Waals surface area contributed by atoms with Gasteiger partial charge in [0.25, 0.3) is 10.0 Å². The Labute approximate surface area is 211 Å². The molecular formula is C27H32N2O6S. The highest BCUT2D eigenvalue weighted by atomic mass is 32.2. The summed E-state index contributed by atoms with van der Waals surface area (Å²) in [6.07, 6.45) is 2.19. The lowest BCUT2D eigenvalue weighted by Crippen LogP contribution is -2.55. The van der Waals surface area contributed by atoms with Gasteiger partial charge in [0.2, 0.25) is 5.91 Å². The summed E-state index contributed by atoms with van der Waals surface area (Å²) >= 11 is 0. The minimum Gasteiger partial charge on any atom is -0.469 e. The van der Waals surface area contributed by atoms with Crippen molar-refractivity contribution >= 4 is 27.6 Å². The van der Waals surface area contributed by atoms with Gasteiger partial charge in [0, 0.05) is 30.8 Å². The molecule has 2 fully saturated rings. The molecule has 4 atom stereocenters. The number of para-hydroxylation sites is 1. The number of aryl methyl sites for hydroxylation is 1. The Kier molecular flexibility index (Phi) is 6.32. The van der Waals surface area contributed by atoms with E-state index in [0.29, 0.717) is 31.4 Å². The SMILES string of the molecule is COC(=O)CC[C@@H]1CCC(=O)N2[C@H](CO)C[C@]3(CN(S(=O)(=O)c4ccc(C)cc4)c4ccccc43)[C@@H]12. The third-order valence-electron chi connectivity index (χ3n) is 8.22. The van der Waals surface area contributed by atoms with Crippen LogP contribution in [0.1, 0.15) is 43.2 Å². The quantitative estimate of drug-likeness (QED) is 0.597. The highest BCUT2D eigenvalue weighted by Gasteiger charge is 2.62. The predicted molar refractivity (Wildman–Crippen MR) is 134 cm³/mol. The molecule has 192 valence electrons. The van der Waals surface area contributed by atoms with Crippen LogP contribution in [0.2, 0.25) is 0 Å². The summed E-state index contributed by atoms with van der Waals surface area (Å²) in [5.74, 6) is -0.351. The van der Waals surface area contributed by atoms with Gasteiger partial charge < -0.3 is 14.7 Å². The van der Waals surface area contributed by atoms with Crippen LogP contribution in [-0.2, 0) is 29.8 Å². The Bertz CT molecular complexity index is 1280. The molecular weight excluding hydrogens is 480 g/mol. The maximum Gasteiger partial charge on any atom is 0.305 e. The van der Waals surface area contributed by atoms with Gasteiger partial charge in [-0.3, -0.25) is 13.9 Å². The van der Waals surface area contributed by atoms with Crippen LogP contribution in [0.4, 0.5) is 5.69 Å². The lowest BCUT2D eigenvalue weighted by Gasteiger charge is -2.45. The number of aliphatic hydroxyl groups is 1. The molecule has 0 radical (unpaired) electrons. The molecule has 1 N–H and O–H groups in total. The van der Waals surface area contributed by atoms with Gasteiger partial charge in [0.15, 0.2) is 0 Å². The van der Waals surface area contributed by atoms with E-state index in [4.69, 9.17) is 4.74 Å². The van der Waals surface area contributed by atoms with Gasteiger partial charge >= 0.3 is 5.97 Å². The monoisotopic (exact) mass is 512 g/mol. The predicted octanol–water partition coefficient (Wildman–Crippen LogP) is 2.77. The molecule has 2 aromatic rings. The molecule has 0 unspecified atom stereocenters. The van der Waals surface area contributed by atoms with Crippen LogP contribution in [0.25, 0.3) is 0 Å². The van der Waals surface area contributed by atoms with E-state index in [0.717, 1.165) is 11.1 Å². The summed E-state index contributed by atoms with van der Waals surface area (Å²) in [4.78, 5) is 27.2. The van der Waals surface area contributed by atoms with Crippen LogP contribution in [0.15, 0.2) is 53.4 Å². The molecule has 0 aliphatic carbocycles. The first kappa shape index (κ1) is 24.8. The number of fused-ring (bicyclic) bond motifs is 4. The second-order valence-electron chi connectivity index (χ2n) is 10.2. The van der Waals surface area contributed by atoms with Gasteiger partial charge in [0.1, 0.15) is 0 Å². The van der Waals surface area contributed by atoms with E-state index in [1.807, 2.05) is 31.2 Å². The molecule has 5 rings (SSSR count). The highest BCUT2D eigenvalue weighted by molar-refractivity contribution is 7.92.